The van der Waals surface area contributed by atoms with Crippen LogP contribution < -0.4 is 5.32 Å². The van der Waals surface area contributed by atoms with E-state index in [4.69, 9.17) is 4.74 Å². The maximum absolute atomic E-state index is 10.1. The van der Waals surface area contributed by atoms with Gasteiger partial charge in [0.1, 0.15) is 11.4 Å². The third-order valence-corrected chi connectivity index (χ3v) is 2.21. The van der Waals surface area contributed by atoms with Crippen LogP contribution in [0.15, 0.2) is 48.5 Å². The Morgan fingerprint density at radius 2 is 1.84 bits per heavy atom. The number of benzene rings is 1. The molecule has 1 rings (SSSR count). The zero-order valence-electron chi connectivity index (χ0n) is 11.6. The largest absolute Gasteiger partial charge is 0.505 e. The van der Waals surface area contributed by atoms with E-state index in [1.165, 1.54) is 0 Å². The molecule has 0 spiro atoms. The van der Waals surface area contributed by atoms with E-state index in [2.05, 4.69) is 11.9 Å². The van der Waals surface area contributed by atoms with E-state index >= 15 is 0 Å². The SMILES string of the molecule is C=C(N/C(CO)=C(/O)c1ccccc1)OC(C)(C)C. The predicted molar refractivity (Wildman–Crippen MR) is 76.2 cm³/mol. The van der Waals surface area contributed by atoms with Gasteiger partial charge in [0.25, 0.3) is 0 Å². The summed E-state index contributed by atoms with van der Waals surface area (Å²) >= 11 is 0. The molecule has 0 saturated carbocycles. The van der Waals surface area contributed by atoms with Gasteiger partial charge in [-0.25, -0.2) is 0 Å². The Kier molecular flexibility index (Phi) is 5.01. The summed E-state index contributed by atoms with van der Waals surface area (Å²) in [6, 6.07) is 8.96. The molecule has 0 heterocycles. The molecule has 0 amide bonds. The first-order valence-electron chi connectivity index (χ1n) is 6.07. The van der Waals surface area contributed by atoms with Crippen molar-refractivity contribution in [1.82, 2.24) is 5.32 Å². The van der Waals surface area contributed by atoms with Crippen LogP contribution in [0.4, 0.5) is 0 Å². The highest BCUT2D eigenvalue weighted by atomic mass is 16.5. The molecule has 0 radical (unpaired) electrons. The fourth-order valence-corrected chi connectivity index (χ4v) is 1.51. The second-order valence-electron chi connectivity index (χ2n) is 5.11. The molecule has 4 nitrogen and oxygen atoms in total. The smallest absolute Gasteiger partial charge is 0.184 e. The molecule has 0 saturated heterocycles. The van der Waals surface area contributed by atoms with E-state index < -0.39 is 5.60 Å². The second-order valence-corrected chi connectivity index (χ2v) is 5.11. The maximum Gasteiger partial charge on any atom is 0.184 e. The molecule has 3 N–H and O–H groups in total. The molecule has 0 bridgehead atoms. The summed E-state index contributed by atoms with van der Waals surface area (Å²) in [4.78, 5) is 0. The molecular weight excluding hydrogens is 242 g/mol. The average Bonchev–Trinajstić information content (AvgIpc) is 2.34. The molecule has 0 atom stereocenters. The Balaban J connectivity index is 2.86. The van der Waals surface area contributed by atoms with Crippen molar-refractivity contribution in [3.8, 4) is 0 Å². The van der Waals surface area contributed by atoms with Crippen LogP contribution in [0.2, 0.25) is 0 Å². The van der Waals surface area contributed by atoms with E-state index in [1.54, 1.807) is 24.3 Å². The number of hydrogen-bond donors (Lipinski definition) is 3. The van der Waals surface area contributed by atoms with E-state index in [0.717, 1.165) is 0 Å². The van der Waals surface area contributed by atoms with Gasteiger partial charge in [0, 0.05) is 5.56 Å². The van der Waals surface area contributed by atoms with Crippen molar-refractivity contribution in [2.45, 2.75) is 26.4 Å². The predicted octanol–water partition coefficient (Wildman–Crippen LogP) is 2.78. The van der Waals surface area contributed by atoms with Crippen molar-refractivity contribution >= 4 is 5.76 Å². The van der Waals surface area contributed by atoms with Gasteiger partial charge in [0.15, 0.2) is 5.88 Å². The lowest BCUT2D eigenvalue weighted by molar-refractivity contribution is 0.0431. The van der Waals surface area contributed by atoms with Crippen molar-refractivity contribution in [3.05, 3.63) is 54.1 Å². The number of nitrogens with one attached hydrogen (secondary N) is 1. The average molecular weight is 263 g/mol. The van der Waals surface area contributed by atoms with Crippen LogP contribution in [0, 0.1) is 0 Å². The van der Waals surface area contributed by atoms with Gasteiger partial charge in [-0.05, 0) is 27.4 Å². The lowest BCUT2D eigenvalue weighted by Gasteiger charge is -2.24. The standard InChI is InChI=1S/C15H21NO3/c1-11(19-15(2,3)4)16-13(10-17)14(18)12-8-6-5-7-9-12/h5-9,16-18H,1,10H2,2-4H3/b14-13+. The van der Waals surface area contributed by atoms with Crippen molar-refractivity contribution in [1.29, 1.82) is 0 Å². The van der Waals surface area contributed by atoms with Crippen molar-refractivity contribution in [2.24, 2.45) is 0 Å². The molecule has 0 aliphatic carbocycles. The highest BCUT2D eigenvalue weighted by Crippen LogP contribution is 2.16. The molecule has 0 aliphatic rings. The third-order valence-electron chi connectivity index (χ3n) is 2.21. The quantitative estimate of drug-likeness (QED) is 0.715. The van der Waals surface area contributed by atoms with Crippen molar-refractivity contribution < 1.29 is 14.9 Å². The summed E-state index contributed by atoms with van der Waals surface area (Å²) in [5, 5.41) is 22.2. The van der Waals surface area contributed by atoms with Crippen molar-refractivity contribution in [2.75, 3.05) is 6.61 Å². The summed E-state index contributed by atoms with van der Waals surface area (Å²) in [5.41, 5.74) is 0.468. The highest BCUT2D eigenvalue weighted by molar-refractivity contribution is 5.61. The van der Waals surface area contributed by atoms with Gasteiger partial charge >= 0.3 is 0 Å². The molecule has 1 aromatic rings. The fraction of sp³-hybridized carbons (Fsp3) is 0.333. The second kappa shape index (κ2) is 6.29. The Bertz CT molecular complexity index is 458. The lowest BCUT2D eigenvalue weighted by Crippen LogP contribution is -2.26. The maximum atomic E-state index is 10.1. The van der Waals surface area contributed by atoms with Crippen molar-refractivity contribution in [3.63, 3.8) is 0 Å². The topological polar surface area (TPSA) is 61.7 Å². The van der Waals surface area contributed by atoms with Gasteiger partial charge in [-0.2, -0.15) is 0 Å². The van der Waals surface area contributed by atoms with Crippen LogP contribution in [0.25, 0.3) is 5.76 Å². The molecule has 1 aromatic carbocycles. The van der Waals surface area contributed by atoms with Gasteiger partial charge in [0.2, 0.25) is 0 Å². The zero-order chi connectivity index (χ0) is 14.5. The summed E-state index contributed by atoms with van der Waals surface area (Å²) < 4.78 is 5.49. The van der Waals surface area contributed by atoms with Gasteiger partial charge in [0.05, 0.1) is 12.3 Å². The summed E-state index contributed by atoms with van der Waals surface area (Å²) in [6.45, 7) is 9.04. The van der Waals surface area contributed by atoms with E-state index in [-0.39, 0.29) is 23.9 Å². The van der Waals surface area contributed by atoms with Crippen LogP contribution >= 0.6 is 0 Å². The van der Waals surface area contributed by atoms with Crippen LogP contribution in [-0.2, 0) is 4.74 Å². The number of aliphatic hydroxyl groups excluding tert-OH is 2. The minimum absolute atomic E-state index is 0.0261. The first kappa shape index (κ1) is 15.1. The van der Waals surface area contributed by atoms with Crippen LogP contribution in [-0.4, -0.2) is 22.4 Å². The van der Waals surface area contributed by atoms with Gasteiger partial charge in [-0.1, -0.05) is 30.3 Å². The van der Waals surface area contributed by atoms with Crippen LogP contribution in [0.3, 0.4) is 0 Å². The fourth-order valence-electron chi connectivity index (χ4n) is 1.51. The minimum Gasteiger partial charge on any atom is -0.505 e. The van der Waals surface area contributed by atoms with E-state index in [9.17, 15) is 10.2 Å². The van der Waals surface area contributed by atoms with Gasteiger partial charge < -0.3 is 20.3 Å². The van der Waals surface area contributed by atoms with Gasteiger partial charge in [-0.3, -0.25) is 0 Å². The number of rotatable bonds is 5. The van der Waals surface area contributed by atoms with Crippen LogP contribution in [0.5, 0.6) is 0 Å². The highest BCUT2D eigenvalue weighted by Gasteiger charge is 2.14. The van der Waals surface area contributed by atoms with E-state index in [1.807, 2.05) is 26.8 Å². The lowest BCUT2D eigenvalue weighted by atomic mass is 10.1. The molecule has 0 unspecified atom stereocenters. The van der Waals surface area contributed by atoms with Gasteiger partial charge in [-0.15, -0.1) is 0 Å². The normalized spacial score (nSPS) is 12.6. The monoisotopic (exact) mass is 263 g/mol. The summed E-state index contributed by atoms with van der Waals surface area (Å²) in [5.74, 6) is 0.251. The summed E-state index contributed by atoms with van der Waals surface area (Å²) in [7, 11) is 0. The minimum atomic E-state index is -0.396. The van der Waals surface area contributed by atoms with Crippen LogP contribution in [0.1, 0.15) is 26.3 Å². The molecule has 4 heteroatoms. The van der Waals surface area contributed by atoms with E-state index in [0.29, 0.717) is 5.56 Å². The Hall–Kier alpha value is -1.94. The molecule has 0 fully saturated rings. The molecule has 19 heavy (non-hydrogen) atoms. The molecule has 104 valence electrons. The third kappa shape index (κ3) is 5.06. The Morgan fingerprint density at radius 3 is 2.32 bits per heavy atom. The first-order valence-corrected chi connectivity index (χ1v) is 6.07. The molecular formula is C15H21NO3. The molecule has 0 aliphatic heterocycles. The summed E-state index contributed by atoms with van der Waals surface area (Å²) in [6.07, 6.45) is 0. The number of aliphatic hydroxyl groups is 2. The number of hydrogen-bond acceptors (Lipinski definition) is 4. The Morgan fingerprint density at radius 1 is 1.26 bits per heavy atom. The molecule has 0 aromatic heterocycles. The number of ether oxygens (including phenoxy) is 1. The first-order chi connectivity index (χ1) is 8.83. The zero-order valence-corrected chi connectivity index (χ0v) is 11.6. The Labute approximate surface area is 114 Å².